The van der Waals surface area contributed by atoms with Crippen LogP contribution in [-0.2, 0) is 4.79 Å². The number of nitrogens with zero attached hydrogens (tertiary/aromatic N) is 1. The van der Waals surface area contributed by atoms with E-state index >= 15 is 0 Å². The molecule has 2 nitrogen and oxygen atoms in total. The third-order valence-electron chi connectivity index (χ3n) is 1.47. The summed E-state index contributed by atoms with van der Waals surface area (Å²) >= 11 is 11.1. The van der Waals surface area contributed by atoms with Gasteiger partial charge in [0.25, 0.3) is 0 Å². The van der Waals surface area contributed by atoms with Crippen LogP contribution < -0.4 is 0 Å². The normalized spacial score (nSPS) is 27.1. The van der Waals surface area contributed by atoms with Gasteiger partial charge in [-0.2, -0.15) is 5.26 Å². The lowest BCUT2D eigenvalue weighted by Crippen LogP contribution is -2.04. The molecule has 0 heterocycles. The predicted molar refractivity (Wildman–Crippen MR) is 37.8 cm³/mol. The molecule has 0 saturated heterocycles. The zero-order valence-corrected chi connectivity index (χ0v) is 6.61. The monoisotopic (exact) mass is 177 g/mol. The van der Waals surface area contributed by atoms with E-state index in [9.17, 15) is 4.79 Å². The standard InChI is InChI=1S/C6H5Cl2NO/c7-6(8)3-4(6)5(10)1-2-9/h4H,1,3H2. The number of nitriles is 1. The van der Waals surface area contributed by atoms with Crippen molar-refractivity contribution in [2.75, 3.05) is 0 Å². The van der Waals surface area contributed by atoms with E-state index in [1.165, 1.54) is 0 Å². The third-order valence-corrected chi connectivity index (χ3v) is 2.30. The molecule has 0 radical (unpaired) electrons. The van der Waals surface area contributed by atoms with E-state index < -0.39 is 4.33 Å². The van der Waals surface area contributed by atoms with Gasteiger partial charge in [0.1, 0.15) is 4.33 Å². The molecule has 54 valence electrons. The highest BCUT2D eigenvalue weighted by Crippen LogP contribution is 2.53. The van der Waals surface area contributed by atoms with E-state index in [1.54, 1.807) is 6.07 Å². The molecule has 1 rings (SSSR count). The zero-order valence-electron chi connectivity index (χ0n) is 5.10. The van der Waals surface area contributed by atoms with Gasteiger partial charge in [0.2, 0.25) is 0 Å². The van der Waals surface area contributed by atoms with Crippen LogP contribution in [0, 0.1) is 17.2 Å². The maximum atomic E-state index is 10.8. The molecule has 0 aromatic rings. The van der Waals surface area contributed by atoms with Crippen molar-refractivity contribution in [3.05, 3.63) is 0 Å². The predicted octanol–water partition coefficient (Wildman–Crippen LogP) is 1.66. The Labute approximate surface area is 68.7 Å². The van der Waals surface area contributed by atoms with E-state index in [0.29, 0.717) is 6.42 Å². The molecule has 1 aliphatic rings. The molecule has 0 aromatic heterocycles. The Kier molecular flexibility index (Phi) is 1.89. The average molecular weight is 178 g/mol. The van der Waals surface area contributed by atoms with Crippen molar-refractivity contribution in [2.24, 2.45) is 5.92 Å². The molecule has 0 aliphatic heterocycles. The average Bonchev–Trinajstić information content (AvgIpc) is 2.41. The van der Waals surface area contributed by atoms with E-state index in [0.717, 1.165) is 0 Å². The van der Waals surface area contributed by atoms with Gasteiger partial charge in [0.05, 0.1) is 18.4 Å². The van der Waals surface area contributed by atoms with Crippen molar-refractivity contribution in [1.82, 2.24) is 0 Å². The first-order valence-corrected chi connectivity index (χ1v) is 3.61. The Balaban J connectivity index is 2.42. The smallest absolute Gasteiger partial charge is 0.153 e. The SMILES string of the molecule is N#CCC(=O)C1CC1(Cl)Cl. The van der Waals surface area contributed by atoms with Gasteiger partial charge >= 0.3 is 0 Å². The second kappa shape index (κ2) is 2.41. The summed E-state index contributed by atoms with van der Waals surface area (Å²) in [5.41, 5.74) is 0. The molecular weight excluding hydrogens is 173 g/mol. The summed E-state index contributed by atoms with van der Waals surface area (Å²) in [6, 6.07) is 1.76. The summed E-state index contributed by atoms with van der Waals surface area (Å²) in [6.45, 7) is 0. The first-order valence-electron chi connectivity index (χ1n) is 2.85. The maximum Gasteiger partial charge on any atom is 0.153 e. The Hall–Kier alpha value is -0.260. The number of hydrogen-bond acceptors (Lipinski definition) is 2. The molecule has 0 bridgehead atoms. The Bertz CT molecular complexity index is 206. The van der Waals surface area contributed by atoms with Crippen molar-refractivity contribution in [3.8, 4) is 6.07 Å². The lowest BCUT2D eigenvalue weighted by Gasteiger charge is -1.92. The van der Waals surface area contributed by atoms with Gasteiger partial charge in [0.15, 0.2) is 5.78 Å². The minimum atomic E-state index is -0.867. The van der Waals surface area contributed by atoms with Crippen molar-refractivity contribution >= 4 is 29.0 Å². The van der Waals surface area contributed by atoms with Gasteiger partial charge in [-0.25, -0.2) is 0 Å². The van der Waals surface area contributed by atoms with Crippen LogP contribution in [0.15, 0.2) is 0 Å². The minimum absolute atomic E-state index is 0.0775. The first kappa shape index (κ1) is 7.84. The molecular formula is C6H5Cl2NO. The van der Waals surface area contributed by atoms with Crippen molar-refractivity contribution < 1.29 is 4.79 Å². The van der Waals surface area contributed by atoms with E-state index in [-0.39, 0.29) is 18.1 Å². The number of Topliss-reactive ketones (excluding diaryl/α,β-unsaturated/α-hetero) is 1. The minimum Gasteiger partial charge on any atom is -0.298 e. The second-order valence-electron chi connectivity index (χ2n) is 2.32. The van der Waals surface area contributed by atoms with Crippen molar-refractivity contribution in [2.45, 2.75) is 17.2 Å². The summed E-state index contributed by atoms with van der Waals surface area (Å²) in [6.07, 6.45) is 0.419. The van der Waals surface area contributed by atoms with Crippen LogP contribution in [0.4, 0.5) is 0 Å². The van der Waals surface area contributed by atoms with Crippen molar-refractivity contribution in [3.63, 3.8) is 0 Å². The molecule has 1 saturated carbocycles. The highest BCUT2D eigenvalue weighted by molar-refractivity contribution is 6.52. The van der Waals surface area contributed by atoms with Crippen molar-refractivity contribution in [1.29, 1.82) is 5.26 Å². The van der Waals surface area contributed by atoms with E-state index in [1.807, 2.05) is 0 Å². The van der Waals surface area contributed by atoms with Crippen LogP contribution in [-0.4, -0.2) is 10.1 Å². The topological polar surface area (TPSA) is 40.9 Å². The number of carbonyl (C=O) groups is 1. The molecule has 4 heteroatoms. The van der Waals surface area contributed by atoms with Crippen LogP contribution in [0.5, 0.6) is 0 Å². The van der Waals surface area contributed by atoms with Gasteiger partial charge < -0.3 is 0 Å². The van der Waals surface area contributed by atoms with Gasteiger partial charge in [-0.05, 0) is 6.42 Å². The molecule has 0 spiro atoms. The van der Waals surface area contributed by atoms with Gasteiger partial charge in [-0.1, -0.05) is 0 Å². The van der Waals surface area contributed by atoms with Crippen LogP contribution >= 0.6 is 23.2 Å². The summed E-state index contributed by atoms with van der Waals surface area (Å²) in [5, 5.41) is 8.13. The third kappa shape index (κ3) is 1.42. The zero-order chi connectivity index (χ0) is 7.78. The molecule has 1 fully saturated rings. The quantitative estimate of drug-likeness (QED) is 0.603. The Morgan fingerprint density at radius 1 is 1.80 bits per heavy atom. The van der Waals surface area contributed by atoms with E-state index in [2.05, 4.69) is 0 Å². The lowest BCUT2D eigenvalue weighted by molar-refractivity contribution is -0.119. The highest BCUT2D eigenvalue weighted by atomic mass is 35.5. The van der Waals surface area contributed by atoms with Gasteiger partial charge in [-0.15, -0.1) is 23.2 Å². The largest absolute Gasteiger partial charge is 0.298 e. The molecule has 10 heavy (non-hydrogen) atoms. The van der Waals surface area contributed by atoms with Crippen LogP contribution in [0.25, 0.3) is 0 Å². The summed E-state index contributed by atoms with van der Waals surface area (Å²) < 4.78 is -0.867. The van der Waals surface area contributed by atoms with Gasteiger partial charge in [-0.3, -0.25) is 4.79 Å². The Morgan fingerprint density at radius 2 is 2.30 bits per heavy atom. The molecule has 1 unspecified atom stereocenters. The fourth-order valence-electron chi connectivity index (χ4n) is 0.764. The fourth-order valence-corrected chi connectivity index (χ4v) is 1.32. The maximum absolute atomic E-state index is 10.8. The molecule has 0 N–H and O–H groups in total. The number of hydrogen-bond donors (Lipinski definition) is 0. The lowest BCUT2D eigenvalue weighted by atomic mass is 10.2. The van der Waals surface area contributed by atoms with Crippen LogP contribution in [0.2, 0.25) is 0 Å². The van der Waals surface area contributed by atoms with Crippen LogP contribution in [0.3, 0.4) is 0 Å². The number of halogens is 2. The van der Waals surface area contributed by atoms with Crippen LogP contribution in [0.1, 0.15) is 12.8 Å². The first-order chi connectivity index (χ1) is 4.58. The number of carbonyl (C=O) groups excluding carboxylic acids is 1. The summed E-state index contributed by atoms with van der Waals surface area (Å²) in [4.78, 5) is 10.8. The number of ketones is 1. The molecule has 1 atom stereocenters. The molecule has 0 amide bonds. The Morgan fingerprint density at radius 3 is 2.60 bits per heavy atom. The fraction of sp³-hybridized carbons (Fsp3) is 0.667. The molecule has 1 aliphatic carbocycles. The number of rotatable bonds is 2. The molecule has 0 aromatic carbocycles. The van der Waals surface area contributed by atoms with Gasteiger partial charge in [0, 0.05) is 0 Å². The highest BCUT2D eigenvalue weighted by Gasteiger charge is 2.55. The second-order valence-corrected chi connectivity index (χ2v) is 3.86. The van der Waals surface area contributed by atoms with E-state index in [4.69, 9.17) is 28.5 Å². The summed E-state index contributed by atoms with van der Waals surface area (Å²) in [5.74, 6) is -0.442. The number of alkyl halides is 2. The summed E-state index contributed by atoms with van der Waals surface area (Å²) in [7, 11) is 0.